The van der Waals surface area contributed by atoms with Crippen molar-refractivity contribution in [1.82, 2.24) is 10.2 Å². The average Bonchev–Trinajstić information content (AvgIpc) is 2.47. The summed E-state index contributed by atoms with van der Waals surface area (Å²) in [4.78, 5) is 2.73. The van der Waals surface area contributed by atoms with Crippen LogP contribution in [-0.4, -0.2) is 36.1 Å². The monoisotopic (exact) mass is 258 g/mol. The molecule has 3 rings (SSSR count). The Kier molecular flexibility index (Phi) is 3.64. The van der Waals surface area contributed by atoms with Crippen molar-refractivity contribution in [1.29, 1.82) is 0 Å². The zero-order valence-electron chi connectivity index (χ0n) is 12.3. The molecule has 1 aliphatic heterocycles. The maximum absolute atomic E-state index is 3.69. The topological polar surface area (TPSA) is 15.3 Å². The van der Waals surface area contributed by atoms with E-state index in [-0.39, 0.29) is 0 Å². The van der Waals surface area contributed by atoms with Crippen LogP contribution < -0.4 is 5.32 Å². The van der Waals surface area contributed by atoms with Gasteiger partial charge in [-0.05, 0) is 43.7 Å². The minimum Gasteiger partial charge on any atom is -0.309 e. The average molecular weight is 258 g/mol. The predicted molar refractivity (Wildman–Crippen MR) is 80.5 cm³/mol. The van der Waals surface area contributed by atoms with Crippen molar-refractivity contribution in [2.45, 2.75) is 51.1 Å². The molecule has 1 fully saturated rings. The van der Waals surface area contributed by atoms with E-state index in [1.165, 1.54) is 38.8 Å². The fourth-order valence-electron chi connectivity index (χ4n) is 3.62. The molecule has 1 aromatic rings. The molecule has 104 valence electrons. The molecule has 2 aliphatic rings. The number of aryl methyl sites for hydroxylation is 1. The number of nitrogens with zero attached hydrogens (tertiary/aromatic N) is 1. The molecular formula is C17H26N2. The van der Waals surface area contributed by atoms with Gasteiger partial charge in [-0.15, -0.1) is 0 Å². The number of benzene rings is 1. The fourth-order valence-corrected chi connectivity index (χ4v) is 3.62. The maximum atomic E-state index is 3.69. The quantitative estimate of drug-likeness (QED) is 0.877. The first kappa shape index (κ1) is 13.1. The number of nitrogens with one attached hydrogen (secondary N) is 1. The first-order valence-corrected chi connectivity index (χ1v) is 7.76. The molecule has 0 spiro atoms. The molecule has 2 heteroatoms. The van der Waals surface area contributed by atoms with Crippen LogP contribution in [0.1, 0.15) is 37.8 Å². The SMILES string of the molecule is CCC1(C)CN(C2CCc3ccccc3C2)CCN1. The van der Waals surface area contributed by atoms with Crippen LogP contribution in [0, 0.1) is 0 Å². The van der Waals surface area contributed by atoms with Gasteiger partial charge in [0.15, 0.2) is 0 Å². The van der Waals surface area contributed by atoms with Gasteiger partial charge >= 0.3 is 0 Å². The molecule has 19 heavy (non-hydrogen) atoms. The first-order chi connectivity index (χ1) is 9.20. The largest absolute Gasteiger partial charge is 0.309 e. The van der Waals surface area contributed by atoms with Gasteiger partial charge in [-0.2, -0.15) is 0 Å². The number of hydrogen-bond acceptors (Lipinski definition) is 2. The highest BCUT2D eigenvalue weighted by Gasteiger charge is 2.33. The van der Waals surface area contributed by atoms with Crippen LogP contribution in [0.2, 0.25) is 0 Å². The summed E-state index contributed by atoms with van der Waals surface area (Å²) in [6, 6.07) is 9.75. The summed E-state index contributed by atoms with van der Waals surface area (Å²) in [6.45, 7) is 8.23. The minimum atomic E-state index is 0.315. The van der Waals surface area contributed by atoms with E-state index in [0.29, 0.717) is 5.54 Å². The molecule has 0 radical (unpaired) electrons. The summed E-state index contributed by atoms with van der Waals surface area (Å²) in [6.07, 6.45) is 5.05. The van der Waals surface area contributed by atoms with Crippen LogP contribution >= 0.6 is 0 Å². The second-order valence-electron chi connectivity index (χ2n) is 6.48. The third-order valence-electron chi connectivity index (χ3n) is 5.12. The molecule has 1 aliphatic carbocycles. The van der Waals surface area contributed by atoms with Crippen LogP contribution in [0.15, 0.2) is 24.3 Å². The highest BCUT2D eigenvalue weighted by molar-refractivity contribution is 5.30. The number of fused-ring (bicyclic) bond motifs is 1. The Labute approximate surface area is 117 Å². The van der Waals surface area contributed by atoms with Gasteiger partial charge in [0, 0.05) is 31.2 Å². The highest BCUT2D eigenvalue weighted by Crippen LogP contribution is 2.27. The number of rotatable bonds is 2. The lowest BCUT2D eigenvalue weighted by atomic mass is 9.86. The molecule has 2 nitrogen and oxygen atoms in total. The molecular weight excluding hydrogens is 232 g/mol. The van der Waals surface area contributed by atoms with Gasteiger partial charge in [0.2, 0.25) is 0 Å². The van der Waals surface area contributed by atoms with Gasteiger partial charge < -0.3 is 5.32 Å². The van der Waals surface area contributed by atoms with Crippen molar-refractivity contribution in [2.75, 3.05) is 19.6 Å². The minimum absolute atomic E-state index is 0.315. The molecule has 0 bridgehead atoms. The van der Waals surface area contributed by atoms with Crippen molar-refractivity contribution in [2.24, 2.45) is 0 Å². The van der Waals surface area contributed by atoms with E-state index in [9.17, 15) is 0 Å². The summed E-state index contributed by atoms with van der Waals surface area (Å²) in [5.41, 5.74) is 3.47. The van der Waals surface area contributed by atoms with E-state index >= 15 is 0 Å². The second kappa shape index (κ2) is 5.26. The lowest BCUT2D eigenvalue weighted by Gasteiger charge is -2.45. The summed E-state index contributed by atoms with van der Waals surface area (Å²) < 4.78 is 0. The van der Waals surface area contributed by atoms with Crippen LogP contribution in [0.5, 0.6) is 0 Å². The molecule has 2 atom stereocenters. The zero-order chi connectivity index (χ0) is 13.3. The Morgan fingerprint density at radius 1 is 1.32 bits per heavy atom. The second-order valence-corrected chi connectivity index (χ2v) is 6.48. The Morgan fingerprint density at radius 3 is 2.89 bits per heavy atom. The third-order valence-corrected chi connectivity index (χ3v) is 5.12. The molecule has 1 N–H and O–H groups in total. The Balaban J connectivity index is 1.71. The van der Waals surface area contributed by atoms with E-state index in [1.54, 1.807) is 11.1 Å². The van der Waals surface area contributed by atoms with Crippen molar-refractivity contribution in [3.63, 3.8) is 0 Å². The highest BCUT2D eigenvalue weighted by atomic mass is 15.2. The molecule has 1 saturated heterocycles. The molecule has 2 unspecified atom stereocenters. The van der Waals surface area contributed by atoms with Gasteiger partial charge in [0.1, 0.15) is 0 Å². The predicted octanol–water partition coefficient (Wildman–Crippen LogP) is 2.62. The van der Waals surface area contributed by atoms with Gasteiger partial charge in [0.05, 0.1) is 0 Å². The van der Waals surface area contributed by atoms with Crippen LogP contribution in [0.3, 0.4) is 0 Å². The van der Waals surface area contributed by atoms with E-state index in [4.69, 9.17) is 0 Å². The van der Waals surface area contributed by atoms with Gasteiger partial charge in [0.25, 0.3) is 0 Å². The van der Waals surface area contributed by atoms with E-state index in [2.05, 4.69) is 48.3 Å². The fraction of sp³-hybridized carbons (Fsp3) is 0.647. The van der Waals surface area contributed by atoms with E-state index < -0.39 is 0 Å². The molecule has 0 saturated carbocycles. The van der Waals surface area contributed by atoms with Crippen molar-refractivity contribution >= 4 is 0 Å². The van der Waals surface area contributed by atoms with Gasteiger partial charge in [-0.3, -0.25) is 4.90 Å². The number of hydrogen-bond donors (Lipinski definition) is 1. The van der Waals surface area contributed by atoms with E-state index in [1.807, 2.05) is 0 Å². The smallest absolute Gasteiger partial charge is 0.0278 e. The van der Waals surface area contributed by atoms with E-state index in [0.717, 1.165) is 12.6 Å². The van der Waals surface area contributed by atoms with Crippen LogP contribution in [-0.2, 0) is 12.8 Å². The van der Waals surface area contributed by atoms with Crippen molar-refractivity contribution < 1.29 is 0 Å². The lowest BCUT2D eigenvalue weighted by Crippen LogP contribution is -2.61. The summed E-state index contributed by atoms with van der Waals surface area (Å²) >= 11 is 0. The van der Waals surface area contributed by atoms with Crippen LogP contribution in [0.4, 0.5) is 0 Å². The summed E-state index contributed by atoms with van der Waals surface area (Å²) in [5, 5.41) is 3.69. The molecule has 0 aromatic heterocycles. The molecule has 0 amide bonds. The van der Waals surface area contributed by atoms with Gasteiger partial charge in [-0.1, -0.05) is 31.2 Å². The zero-order valence-corrected chi connectivity index (χ0v) is 12.3. The lowest BCUT2D eigenvalue weighted by molar-refractivity contribution is 0.0904. The van der Waals surface area contributed by atoms with Crippen molar-refractivity contribution in [3.05, 3.63) is 35.4 Å². The Bertz CT molecular complexity index is 443. The van der Waals surface area contributed by atoms with Crippen LogP contribution in [0.25, 0.3) is 0 Å². The van der Waals surface area contributed by atoms with Gasteiger partial charge in [-0.25, -0.2) is 0 Å². The number of piperazine rings is 1. The first-order valence-electron chi connectivity index (χ1n) is 7.76. The maximum Gasteiger partial charge on any atom is 0.0278 e. The molecule has 1 heterocycles. The standard InChI is InChI=1S/C17H26N2/c1-3-17(2)13-19(11-10-18-17)16-9-8-14-6-4-5-7-15(14)12-16/h4-7,16,18H,3,8-13H2,1-2H3. The third kappa shape index (κ3) is 2.70. The molecule has 1 aromatic carbocycles. The Morgan fingerprint density at radius 2 is 2.11 bits per heavy atom. The normalized spacial score (nSPS) is 32.0. The Hall–Kier alpha value is -0.860. The summed E-state index contributed by atoms with van der Waals surface area (Å²) in [5.74, 6) is 0. The van der Waals surface area contributed by atoms with Crippen molar-refractivity contribution in [3.8, 4) is 0 Å². The summed E-state index contributed by atoms with van der Waals surface area (Å²) in [7, 11) is 0.